The minimum atomic E-state index is -0.386. The van der Waals surface area contributed by atoms with Crippen molar-refractivity contribution in [2.24, 2.45) is 0 Å². The molecule has 0 aliphatic rings. The van der Waals surface area contributed by atoms with Gasteiger partial charge < -0.3 is 19.5 Å². The van der Waals surface area contributed by atoms with Crippen molar-refractivity contribution in [1.29, 1.82) is 0 Å². The number of aromatic nitrogens is 1. The van der Waals surface area contributed by atoms with E-state index < -0.39 is 0 Å². The van der Waals surface area contributed by atoms with E-state index in [-0.39, 0.29) is 18.1 Å². The van der Waals surface area contributed by atoms with Gasteiger partial charge in [-0.15, -0.1) is 0 Å². The Bertz CT molecular complexity index is 1510. The van der Waals surface area contributed by atoms with Crippen LogP contribution in [0.15, 0.2) is 76.1 Å². The van der Waals surface area contributed by atoms with Gasteiger partial charge in [-0.05, 0) is 48.6 Å². The second-order valence-electron chi connectivity index (χ2n) is 7.75. The van der Waals surface area contributed by atoms with Crippen molar-refractivity contribution >= 4 is 38.6 Å². The molecule has 2 heterocycles. The van der Waals surface area contributed by atoms with E-state index in [0.717, 1.165) is 28.3 Å². The van der Waals surface area contributed by atoms with E-state index in [0.29, 0.717) is 28.8 Å². The van der Waals surface area contributed by atoms with E-state index in [9.17, 15) is 9.59 Å². The molecule has 32 heavy (non-hydrogen) atoms. The quantitative estimate of drug-likeness (QED) is 0.310. The van der Waals surface area contributed by atoms with Gasteiger partial charge in [-0.3, -0.25) is 4.79 Å². The van der Waals surface area contributed by atoms with Gasteiger partial charge in [0, 0.05) is 34.6 Å². The lowest BCUT2D eigenvalue weighted by Crippen LogP contribution is -2.30. The first-order chi connectivity index (χ1) is 15.6. The molecule has 0 saturated heterocycles. The first-order valence-electron chi connectivity index (χ1n) is 10.5. The van der Waals surface area contributed by atoms with Gasteiger partial charge in [0.1, 0.15) is 11.3 Å². The summed E-state index contributed by atoms with van der Waals surface area (Å²) in [5.41, 5.74) is 3.03. The molecule has 160 valence electrons. The minimum Gasteiger partial charge on any atom is -0.483 e. The Hall–Kier alpha value is -4.06. The first-order valence-corrected chi connectivity index (χ1v) is 10.5. The molecule has 3 aromatic carbocycles. The van der Waals surface area contributed by atoms with Crippen molar-refractivity contribution < 1.29 is 13.9 Å². The van der Waals surface area contributed by atoms with Crippen LogP contribution in [-0.2, 0) is 11.2 Å². The Morgan fingerprint density at radius 1 is 0.969 bits per heavy atom. The largest absolute Gasteiger partial charge is 0.483 e. The van der Waals surface area contributed by atoms with Gasteiger partial charge in [0.05, 0.1) is 5.39 Å². The van der Waals surface area contributed by atoms with Crippen molar-refractivity contribution in [1.82, 2.24) is 10.3 Å². The maximum atomic E-state index is 12.3. The van der Waals surface area contributed by atoms with Crippen molar-refractivity contribution in [2.45, 2.75) is 13.3 Å². The third-order valence-corrected chi connectivity index (χ3v) is 5.74. The number of aryl methyl sites for hydroxylation is 1. The predicted octanol–water partition coefficient (Wildman–Crippen LogP) is 4.47. The molecule has 2 N–H and O–H groups in total. The van der Waals surface area contributed by atoms with Crippen molar-refractivity contribution in [3.63, 3.8) is 0 Å². The summed E-state index contributed by atoms with van der Waals surface area (Å²) < 4.78 is 11.3. The molecule has 0 fully saturated rings. The van der Waals surface area contributed by atoms with E-state index in [1.807, 2.05) is 61.7 Å². The Balaban J connectivity index is 1.25. The van der Waals surface area contributed by atoms with Crippen molar-refractivity contribution in [3.05, 3.63) is 88.4 Å². The number of carbonyl (C=O) groups is 1. The summed E-state index contributed by atoms with van der Waals surface area (Å²) in [6.45, 7) is 2.23. The summed E-state index contributed by atoms with van der Waals surface area (Å²) in [4.78, 5) is 27.9. The maximum absolute atomic E-state index is 12.3. The van der Waals surface area contributed by atoms with Crippen LogP contribution in [0.4, 0.5) is 0 Å². The van der Waals surface area contributed by atoms with Gasteiger partial charge >= 0.3 is 5.63 Å². The molecular weight excluding hydrogens is 404 g/mol. The van der Waals surface area contributed by atoms with Gasteiger partial charge in [-0.2, -0.15) is 0 Å². The molecule has 0 aliphatic carbocycles. The van der Waals surface area contributed by atoms with Crippen LogP contribution < -0.4 is 15.7 Å². The lowest BCUT2D eigenvalue weighted by Gasteiger charge is -2.12. The van der Waals surface area contributed by atoms with E-state index >= 15 is 0 Å². The maximum Gasteiger partial charge on any atom is 0.344 e. The molecule has 0 bridgehead atoms. The summed E-state index contributed by atoms with van der Waals surface area (Å²) in [6, 6.07) is 19.1. The van der Waals surface area contributed by atoms with E-state index in [1.54, 1.807) is 6.07 Å². The Morgan fingerprint density at radius 2 is 1.72 bits per heavy atom. The highest BCUT2D eigenvalue weighted by atomic mass is 16.5. The van der Waals surface area contributed by atoms with Gasteiger partial charge in [0.2, 0.25) is 0 Å². The average molecular weight is 426 g/mol. The highest BCUT2D eigenvalue weighted by molar-refractivity contribution is 6.05. The lowest BCUT2D eigenvalue weighted by atomic mass is 10.0. The lowest BCUT2D eigenvalue weighted by molar-refractivity contribution is -0.123. The fourth-order valence-electron chi connectivity index (χ4n) is 4.09. The second-order valence-corrected chi connectivity index (χ2v) is 7.75. The molecule has 6 heteroatoms. The standard InChI is InChI=1S/C26H22N2O4/c1-16-23(11-10-20-19-7-2-3-8-21(19)26(30)32-25(16)20)31-15-24(29)27-13-12-17-14-28-22-9-5-4-6-18(17)22/h2-11,14,28H,12-13,15H2,1H3,(H,27,29). The number of ether oxygens (including phenoxy) is 1. The van der Waals surface area contributed by atoms with Crippen LogP contribution in [0.3, 0.4) is 0 Å². The normalized spacial score (nSPS) is 11.3. The highest BCUT2D eigenvalue weighted by Crippen LogP contribution is 2.30. The number of hydrogen-bond donors (Lipinski definition) is 2. The second kappa shape index (κ2) is 8.23. The Labute approximate surface area is 183 Å². The number of benzene rings is 3. The van der Waals surface area contributed by atoms with Crippen LogP contribution in [-0.4, -0.2) is 24.0 Å². The van der Waals surface area contributed by atoms with Gasteiger partial charge in [-0.1, -0.05) is 36.4 Å². The molecule has 0 unspecified atom stereocenters. The summed E-state index contributed by atoms with van der Waals surface area (Å²) >= 11 is 0. The van der Waals surface area contributed by atoms with Crippen LogP contribution in [0, 0.1) is 6.92 Å². The zero-order chi connectivity index (χ0) is 22.1. The number of para-hydroxylation sites is 1. The smallest absolute Gasteiger partial charge is 0.344 e. The average Bonchev–Trinajstić information content (AvgIpc) is 3.22. The molecule has 2 aromatic heterocycles. The zero-order valence-electron chi connectivity index (χ0n) is 17.6. The third kappa shape index (κ3) is 3.60. The fraction of sp³-hybridized carbons (Fsp3) is 0.154. The summed E-state index contributed by atoms with van der Waals surface area (Å²) in [7, 11) is 0. The third-order valence-electron chi connectivity index (χ3n) is 5.74. The van der Waals surface area contributed by atoms with E-state index in [1.165, 1.54) is 5.39 Å². The number of carbonyl (C=O) groups excluding carboxylic acids is 1. The summed E-state index contributed by atoms with van der Waals surface area (Å²) in [5.74, 6) is 0.312. The number of rotatable bonds is 6. The van der Waals surface area contributed by atoms with Gasteiger partial charge in [0.15, 0.2) is 6.61 Å². The molecule has 5 aromatic rings. The van der Waals surface area contributed by atoms with E-state index in [4.69, 9.17) is 9.15 Å². The summed E-state index contributed by atoms with van der Waals surface area (Å²) in [6.07, 6.45) is 2.70. The molecule has 1 amide bonds. The zero-order valence-corrected chi connectivity index (χ0v) is 17.6. The minimum absolute atomic E-state index is 0.113. The highest BCUT2D eigenvalue weighted by Gasteiger charge is 2.13. The summed E-state index contributed by atoms with van der Waals surface area (Å²) in [5, 5.41) is 6.28. The van der Waals surface area contributed by atoms with Crippen LogP contribution >= 0.6 is 0 Å². The Kier molecular flexibility index (Phi) is 5.11. The molecule has 6 nitrogen and oxygen atoms in total. The number of amides is 1. The number of hydrogen-bond acceptors (Lipinski definition) is 4. The SMILES string of the molecule is Cc1c(OCC(=O)NCCc2c[nH]c3ccccc23)ccc2c1oc(=O)c1ccccc12. The molecular formula is C26H22N2O4. The molecule has 5 rings (SSSR count). The predicted molar refractivity (Wildman–Crippen MR) is 125 cm³/mol. The molecule has 0 radical (unpaired) electrons. The van der Waals surface area contributed by atoms with Crippen molar-refractivity contribution in [3.8, 4) is 5.75 Å². The van der Waals surface area contributed by atoms with Gasteiger partial charge in [-0.25, -0.2) is 4.79 Å². The van der Waals surface area contributed by atoms with E-state index in [2.05, 4.69) is 16.4 Å². The number of H-pyrrole nitrogens is 1. The monoisotopic (exact) mass is 426 g/mol. The van der Waals surface area contributed by atoms with Crippen LogP contribution in [0.1, 0.15) is 11.1 Å². The van der Waals surface area contributed by atoms with Gasteiger partial charge in [0.25, 0.3) is 5.91 Å². The first kappa shape index (κ1) is 19.9. The van der Waals surface area contributed by atoms with Crippen molar-refractivity contribution in [2.75, 3.05) is 13.2 Å². The Morgan fingerprint density at radius 3 is 2.56 bits per heavy atom. The number of fused-ring (bicyclic) bond motifs is 4. The molecule has 0 atom stereocenters. The van der Waals surface area contributed by atoms with Crippen LogP contribution in [0.2, 0.25) is 0 Å². The fourth-order valence-corrected chi connectivity index (χ4v) is 4.09. The molecule has 0 aliphatic heterocycles. The topological polar surface area (TPSA) is 84.3 Å². The van der Waals surface area contributed by atoms with Crippen LogP contribution in [0.25, 0.3) is 32.6 Å². The molecule has 0 spiro atoms. The number of aromatic amines is 1. The van der Waals surface area contributed by atoms with Crippen LogP contribution in [0.5, 0.6) is 5.75 Å². The number of nitrogens with one attached hydrogen (secondary N) is 2. The molecule has 0 saturated carbocycles.